The first kappa shape index (κ1) is 15.0. The highest BCUT2D eigenvalue weighted by Crippen LogP contribution is 2.47. The van der Waals surface area contributed by atoms with Crippen molar-refractivity contribution >= 4 is 31.9 Å². The van der Waals surface area contributed by atoms with Crippen LogP contribution in [-0.4, -0.2) is 19.3 Å². The fraction of sp³-hybridized carbons (Fsp3) is 0.625. The van der Waals surface area contributed by atoms with Gasteiger partial charge in [0.2, 0.25) is 0 Å². The maximum Gasteiger partial charge on any atom is 0.0686 e. The molecule has 1 aromatic rings. The predicted molar refractivity (Wildman–Crippen MR) is 88.9 cm³/mol. The van der Waals surface area contributed by atoms with Crippen molar-refractivity contribution in [1.29, 1.82) is 0 Å². The summed E-state index contributed by atoms with van der Waals surface area (Å²) < 4.78 is 8.40. The molecule has 1 saturated carbocycles. The molecule has 0 aromatic heterocycles. The van der Waals surface area contributed by atoms with E-state index < -0.39 is 0 Å². The zero-order valence-corrected chi connectivity index (χ0v) is 15.0. The van der Waals surface area contributed by atoms with Crippen LogP contribution in [0, 0.1) is 5.92 Å². The van der Waals surface area contributed by atoms with Crippen LogP contribution in [-0.2, 0) is 4.74 Å². The van der Waals surface area contributed by atoms with E-state index in [0.29, 0.717) is 12.0 Å². The van der Waals surface area contributed by atoms with Gasteiger partial charge < -0.3 is 10.1 Å². The van der Waals surface area contributed by atoms with Gasteiger partial charge in [0, 0.05) is 21.6 Å². The Morgan fingerprint density at radius 2 is 2.15 bits per heavy atom. The molecule has 0 radical (unpaired) electrons. The van der Waals surface area contributed by atoms with Crippen molar-refractivity contribution in [2.75, 3.05) is 13.7 Å². The van der Waals surface area contributed by atoms with Crippen LogP contribution in [0.1, 0.15) is 43.7 Å². The SMILES string of the molecule is CNC(c1cc(Br)ccc1Br)C1CCOC2(CCC2)C1. The standard InChI is InChI=1S/C16H21Br2NO/c1-19-15(13-9-12(17)3-4-14(13)18)11-5-8-20-16(10-11)6-2-7-16/h3-4,9,11,15,19H,2,5-8,10H2,1H3. The van der Waals surface area contributed by atoms with Gasteiger partial charge in [0.15, 0.2) is 0 Å². The van der Waals surface area contributed by atoms with Crippen molar-refractivity contribution < 1.29 is 4.74 Å². The molecule has 2 nitrogen and oxygen atoms in total. The number of hydrogen-bond acceptors (Lipinski definition) is 2. The zero-order chi connectivity index (χ0) is 14.2. The van der Waals surface area contributed by atoms with Crippen LogP contribution in [0.4, 0.5) is 0 Å². The Morgan fingerprint density at radius 3 is 2.80 bits per heavy atom. The van der Waals surface area contributed by atoms with E-state index in [-0.39, 0.29) is 5.60 Å². The Hall–Kier alpha value is 0.1000. The molecule has 1 aromatic carbocycles. The average Bonchev–Trinajstić information content (AvgIpc) is 2.42. The number of ether oxygens (including phenoxy) is 1. The molecule has 1 spiro atoms. The molecule has 20 heavy (non-hydrogen) atoms. The first-order chi connectivity index (χ1) is 9.63. The molecule has 2 unspecified atom stereocenters. The lowest BCUT2D eigenvalue weighted by atomic mass is 9.69. The summed E-state index contributed by atoms with van der Waals surface area (Å²) in [5.74, 6) is 0.652. The molecule has 0 bridgehead atoms. The first-order valence-corrected chi connectivity index (χ1v) is 8.98. The summed E-state index contributed by atoms with van der Waals surface area (Å²) in [5, 5.41) is 3.54. The Balaban J connectivity index is 1.83. The fourth-order valence-electron chi connectivity index (χ4n) is 3.67. The zero-order valence-electron chi connectivity index (χ0n) is 11.8. The lowest BCUT2D eigenvalue weighted by Crippen LogP contribution is -2.47. The Kier molecular flexibility index (Phi) is 4.56. The lowest BCUT2D eigenvalue weighted by Gasteiger charge is -2.49. The van der Waals surface area contributed by atoms with Gasteiger partial charge in [-0.3, -0.25) is 0 Å². The smallest absolute Gasteiger partial charge is 0.0686 e. The van der Waals surface area contributed by atoms with Crippen molar-refractivity contribution in [2.45, 2.75) is 43.7 Å². The minimum Gasteiger partial charge on any atom is -0.375 e. The van der Waals surface area contributed by atoms with Gasteiger partial charge in [-0.25, -0.2) is 0 Å². The van der Waals surface area contributed by atoms with E-state index in [1.807, 2.05) is 0 Å². The number of nitrogens with one attached hydrogen (secondary N) is 1. The van der Waals surface area contributed by atoms with Gasteiger partial charge in [-0.05, 0) is 68.8 Å². The predicted octanol–water partition coefficient (Wildman–Crippen LogP) is 4.82. The number of benzene rings is 1. The highest BCUT2D eigenvalue weighted by Gasteiger charge is 2.44. The van der Waals surface area contributed by atoms with Crippen molar-refractivity contribution in [3.05, 3.63) is 32.7 Å². The normalized spacial score (nSPS) is 26.2. The molecule has 1 aliphatic carbocycles. The average molecular weight is 403 g/mol. The summed E-state index contributed by atoms with van der Waals surface area (Å²) in [4.78, 5) is 0. The van der Waals surface area contributed by atoms with Gasteiger partial charge >= 0.3 is 0 Å². The van der Waals surface area contributed by atoms with Crippen molar-refractivity contribution in [1.82, 2.24) is 5.32 Å². The van der Waals surface area contributed by atoms with E-state index in [9.17, 15) is 0 Å². The third-order valence-corrected chi connectivity index (χ3v) is 6.09. The van der Waals surface area contributed by atoms with Crippen LogP contribution in [0.3, 0.4) is 0 Å². The van der Waals surface area contributed by atoms with E-state index in [1.54, 1.807) is 0 Å². The topological polar surface area (TPSA) is 21.3 Å². The lowest BCUT2D eigenvalue weighted by molar-refractivity contribution is -0.147. The Morgan fingerprint density at radius 1 is 1.35 bits per heavy atom. The minimum absolute atomic E-state index is 0.205. The van der Waals surface area contributed by atoms with E-state index in [1.165, 1.54) is 35.7 Å². The van der Waals surface area contributed by atoms with Crippen LogP contribution in [0.5, 0.6) is 0 Å². The second-order valence-electron chi connectivity index (χ2n) is 6.07. The molecule has 0 amide bonds. The summed E-state index contributed by atoms with van der Waals surface area (Å²) in [5.41, 5.74) is 1.56. The van der Waals surface area contributed by atoms with Crippen LogP contribution >= 0.6 is 31.9 Å². The molecule has 2 fully saturated rings. The number of rotatable bonds is 3. The number of hydrogen-bond donors (Lipinski definition) is 1. The molecule has 1 aliphatic heterocycles. The van der Waals surface area contributed by atoms with Crippen molar-refractivity contribution in [3.63, 3.8) is 0 Å². The summed E-state index contributed by atoms with van der Waals surface area (Å²) >= 11 is 7.30. The largest absolute Gasteiger partial charge is 0.375 e. The fourth-order valence-corrected chi connectivity index (χ4v) is 4.54. The quantitative estimate of drug-likeness (QED) is 0.782. The molecular weight excluding hydrogens is 382 g/mol. The van der Waals surface area contributed by atoms with Crippen molar-refractivity contribution in [3.8, 4) is 0 Å². The van der Waals surface area contributed by atoms with E-state index in [4.69, 9.17) is 4.74 Å². The van der Waals surface area contributed by atoms with Crippen LogP contribution in [0.15, 0.2) is 27.1 Å². The summed E-state index contributed by atoms with van der Waals surface area (Å²) in [6.07, 6.45) is 6.17. The monoisotopic (exact) mass is 401 g/mol. The maximum atomic E-state index is 6.07. The maximum absolute atomic E-state index is 6.07. The van der Waals surface area contributed by atoms with Gasteiger partial charge in [-0.1, -0.05) is 31.9 Å². The second-order valence-corrected chi connectivity index (χ2v) is 7.84. The molecule has 1 saturated heterocycles. The third kappa shape index (κ3) is 2.85. The minimum atomic E-state index is 0.205. The van der Waals surface area contributed by atoms with Gasteiger partial charge in [0.25, 0.3) is 0 Å². The Labute approximate surface area is 137 Å². The van der Waals surface area contributed by atoms with E-state index >= 15 is 0 Å². The van der Waals surface area contributed by atoms with Gasteiger partial charge in [0.05, 0.1) is 5.60 Å². The van der Waals surface area contributed by atoms with Gasteiger partial charge in [-0.15, -0.1) is 0 Å². The molecule has 4 heteroatoms. The van der Waals surface area contributed by atoms with E-state index in [0.717, 1.165) is 17.5 Å². The van der Waals surface area contributed by atoms with E-state index in [2.05, 4.69) is 62.4 Å². The Bertz CT molecular complexity index is 487. The van der Waals surface area contributed by atoms with Crippen LogP contribution < -0.4 is 5.32 Å². The molecule has 1 heterocycles. The molecule has 2 aliphatic rings. The summed E-state index contributed by atoms with van der Waals surface area (Å²) in [6, 6.07) is 6.83. The van der Waals surface area contributed by atoms with Crippen LogP contribution in [0.2, 0.25) is 0 Å². The summed E-state index contributed by atoms with van der Waals surface area (Å²) in [6.45, 7) is 0.911. The molecule has 110 valence electrons. The van der Waals surface area contributed by atoms with Crippen LogP contribution in [0.25, 0.3) is 0 Å². The number of halogens is 2. The van der Waals surface area contributed by atoms with Gasteiger partial charge in [-0.2, -0.15) is 0 Å². The molecule has 1 N–H and O–H groups in total. The second kappa shape index (κ2) is 6.07. The first-order valence-electron chi connectivity index (χ1n) is 7.40. The molecular formula is C16H21Br2NO. The molecule has 3 rings (SSSR count). The highest BCUT2D eigenvalue weighted by atomic mass is 79.9. The van der Waals surface area contributed by atoms with Gasteiger partial charge in [0.1, 0.15) is 0 Å². The highest BCUT2D eigenvalue weighted by molar-refractivity contribution is 9.11. The van der Waals surface area contributed by atoms with Crippen molar-refractivity contribution in [2.24, 2.45) is 5.92 Å². The third-order valence-electron chi connectivity index (χ3n) is 4.87. The summed E-state index contributed by atoms with van der Waals surface area (Å²) in [7, 11) is 2.07. The molecule has 2 atom stereocenters.